The number of rotatable bonds is 8. The molecule has 0 atom stereocenters. The molecule has 4 nitrogen and oxygen atoms in total. The predicted molar refractivity (Wildman–Crippen MR) is 87.2 cm³/mol. The maximum atomic E-state index is 6.17. The van der Waals surface area contributed by atoms with Gasteiger partial charge in [0.25, 0.3) is 0 Å². The summed E-state index contributed by atoms with van der Waals surface area (Å²) in [7, 11) is 0. The maximum Gasteiger partial charge on any atom is 0.147 e. The van der Waals surface area contributed by atoms with Crippen LogP contribution in [0.1, 0.15) is 26.7 Å². The van der Waals surface area contributed by atoms with Gasteiger partial charge in [-0.3, -0.25) is 4.90 Å². The lowest BCUT2D eigenvalue weighted by Crippen LogP contribution is -2.31. The minimum Gasteiger partial charge on any atom is -0.369 e. The molecule has 112 valence electrons. The van der Waals surface area contributed by atoms with Crippen molar-refractivity contribution in [3.05, 3.63) is 16.1 Å². The maximum absolute atomic E-state index is 6.17. The van der Waals surface area contributed by atoms with E-state index in [4.69, 9.17) is 23.2 Å². The summed E-state index contributed by atoms with van der Waals surface area (Å²) in [6.07, 6.45) is 2.66. The summed E-state index contributed by atoms with van der Waals surface area (Å²) in [6.45, 7) is 7.93. The zero-order valence-electron chi connectivity index (χ0n) is 12.0. The molecule has 0 aromatic carbocycles. The molecule has 20 heavy (non-hydrogen) atoms. The fourth-order valence-corrected chi connectivity index (χ4v) is 2.73. The van der Waals surface area contributed by atoms with Crippen molar-refractivity contribution in [1.82, 2.24) is 9.88 Å². The number of nitrogens with zero attached hydrogens (tertiary/aromatic N) is 2. The molecule has 2 N–H and O–H groups in total. The minimum absolute atomic E-state index is 0.551. The van der Waals surface area contributed by atoms with Gasteiger partial charge >= 0.3 is 0 Å². The van der Waals surface area contributed by atoms with E-state index in [9.17, 15) is 0 Å². The molecule has 1 aromatic heterocycles. The van der Waals surface area contributed by atoms with Crippen LogP contribution in [0.3, 0.4) is 0 Å². The number of halogens is 2. The molecule has 0 unspecified atom stereocenters. The van der Waals surface area contributed by atoms with Crippen LogP contribution < -0.4 is 10.6 Å². The van der Waals surface area contributed by atoms with Gasteiger partial charge in [0.05, 0.1) is 10.0 Å². The van der Waals surface area contributed by atoms with Crippen LogP contribution in [0.25, 0.3) is 0 Å². The Labute approximate surface area is 130 Å². The first kappa shape index (κ1) is 15.7. The van der Waals surface area contributed by atoms with Crippen molar-refractivity contribution in [2.45, 2.75) is 32.7 Å². The molecule has 1 aliphatic rings. The van der Waals surface area contributed by atoms with Gasteiger partial charge in [0.2, 0.25) is 0 Å². The third-order valence-electron chi connectivity index (χ3n) is 3.43. The second-order valence-corrected chi connectivity index (χ2v) is 5.78. The summed E-state index contributed by atoms with van der Waals surface area (Å²) in [6, 6.07) is 2.52. The van der Waals surface area contributed by atoms with Gasteiger partial charge < -0.3 is 10.6 Å². The number of aromatic nitrogens is 1. The summed E-state index contributed by atoms with van der Waals surface area (Å²) in [5.74, 6) is 1.37. The highest BCUT2D eigenvalue weighted by atomic mass is 35.5. The summed E-state index contributed by atoms with van der Waals surface area (Å²) >= 11 is 12.3. The third kappa shape index (κ3) is 4.14. The average Bonchev–Trinajstić information content (AvgIpc) is 3.24. The Morgan fingerprint density at radius 3 is 2.40 bits per heavy atom. The average molecular weight is 317 g/mol. The van der Waals surface area contributed by atoms with Crippen molar-refractivity contribution in [3.8, 4) is 0 Å². The van der Waals surface area contributed by atoms with Gasteiger partial charge in [-0.05, 0) is 32.4 Å². The van der Waals surface area contributed by atoms with Crippen molar-refractivity contribution < 1.29 is 0 Å². The minimum atomic E-state index is 0.551. The van der Waals surface area contributed by atoms with Gasteiger partial charge in [-0.25, -0.2) is 4.98 Å². The van der Waals surface area contributed by atoms with E-state index in [2.05, 4.69) is 27.4 Å². The number of hydrogen-bond acceptors (Lipinski definition) is 4. The first-order valence-corrected chi connectivity index (χ1v) is 7.99. The molecule has 2 rings (SSSR count). The SMILES string of the molecule is CCNc1nc(NCCN(CC)C2CC2)c(Cl)cc1Cl. The molecule has 1 aromatic rings. The molecule has 0 radical (unpaired) electrons. The van der Waals surface area contributed by atoms with Crippen molar-refractivity contribution in [2.24, 2.45) is 0 Å². The lowest BCUT2D eigenvalue weighted by Gasteiger charge is -2.20. The molecule has 6 heteroatoms. The van der Waals surface area contributed by atoms with Crippen molar-refractivity contribution in [3.63, 3.8) is 0 Å². The molecule has 0 spiro atoms. The van der Waals surface area contributed by atoms with E-state index in [1.807, 2.05) is 6.92 Å². The summed E-state index contributed by atoms with van der Waals surface area (Å²) < 4.78 is 0. The van der Waals surface area contributed by atoms with Crippen LogP contribution in [0.5, 0.6) is 0 Å². The van der Waals surface area contributed by atoms with Crippen LogP contribution in [-0.4, -0.2) is 42.1 Å². The zero-order valence-corrected chi connectivity index (χ0v) is 13.6. The number of nitrogens with one attached hydrogen (secondary N) is 2. The molecule has 1 heterocycles. The highest BCUT2D eigenvalue weighted by Crippen LogP contribution is 2.29. The second kappa shape index (κ2) is 7.34. The molecular formula is C14H22Cl2N4. The lowest BCUT2D eigenvalue weighted by molar-refractivity contribution is 0.289. The van der Waals surface area contributed by atoms with Gasteiger partial charge in [-0.2, -0.15) is 0 Å². The van der Waals surface area contributed by atoms with Crippen LogP contribution in [0.4, 0.5) is 11.6 Å². The first-order valence-electron chi connectivity index (χ1n) is 7.23. The second-order valence-electron chi connectivity index (χ2n) is 4.97. The molecule has 1 saturated carbocycles. The number of pyridine rings is 1. The van der Waals surface area contributed by atoms with E-state index in [0.29, 0.717) is 21.7 Å². The Morgan fingerprint density at radius 1 is 1.20 bits per heavy atom. The molecule has 0 bridgehead atoms. The molecule has 0 aliphatic heterocycles. The van der Waals surface area contributed by atoms with Gasteiger partial charge in [0, 0.05) is 25.7 Å². The fourth-order valence-electron chi connectivity index (χ4n) is 2.24. The standard InChI is InChI=1S/C14H22Cl2N4/c1-3-17-13-11(15)9-12(16)14(19-13)18-7-8-20(4-2)10-5-6-10/h9-10H,3-8H2,1-2H3,(H2,17,18,19). The smallest absolute Gasteiger partial charge is 0.147 e. The molecule has 0 amide bonds. The van der Waals surface area contributed by atoms with Crippen molar-refractivity contribution in [1.29, 1.82) is 0 Å². The van der Waals surface area contributed by atoms with E-state index < -0.39 is 0 Å². The Morgan fingerprint density at radius 2 is 1.85 bits per heavy atom. The Kier molecular flexibility index (Phi) is 5.75. The van der Waals surface area contributed by atoms with E-state index in [-0.39, 0.29) is 0 Å². The highest BCUT2D eigenvalue weighted by Gasteiger charge is 2.27. The quantitative estimate of drug-likeness (QED) is 0.767. The van der Waals surface area contributed by atoms with Crippen LogP contribution in [-0.2, 0) is 0 Å². The van der Waals surface area contributed by atoms with Crippen molar-refractivity contribution in [2.75, 3.05) is 36.8 Å². The fraction of sp³-hybridized carbons (Fsp3) is 0.643. The third-order valence-corrected chi connectivity index (χ3v) is 4.01. The zero-order chi connectivity index (χ0) is 14.5. The largest absolute Gasteiger partial charge is 0.369 e. The van der Waals surface area contributed by atoms with Gasteiger partial charge in [0.1, 0.15) is 11.6 Å². The van der Waals surface area contributed by atoms with Crippen LogP contribution in [0.15, 0.2) is 6.07 Å². The van der Waals surface area contributed by atoms with E-state index in [0.717, 1.165) is 32.2 Å². The Bertz CT molecular complexity index is 449. The van der Waals surface area contributed by atoms with Crippen LogP contribution in [0.2, 0.25) is 10.0 Å². The Hall–Kier alpha value is -0.710. The number of likely N-dealkylation sites (N-methyl/N-ethyl adjacent to an activating group) is 1. The normalized spacial score (nSPS) is 14.7. The van der Waals surface area contributed by atoms with Crippen molar-refractivity contribution >= 4 is 34.8 Å². The van der Waals surface area contributed by atoms with E-state index >= 15 is 0 Å². The molecule has 0 saturated heterocycles. The summed E-state index contributed by atoms with van der Waals surface area (Å²) in [5.41, 5.74) is 0. The molecule has 1 fully saturated rings. The monoisotopic (exact) mass is 316 g/mol. The summed E-state index contributed by atoms with van der Waals surface area (Å²) in [5, 5.41) is 7.55. The number of anilines is 2. The highest BCUT2D eigenvalue weighted by molar-refractivity contribution is 6.37. The molecule has 1 aliphatic carbocycles. The lowest BCUT2D eigenvalue weighted by atomic mass is 10.4. The summed E-state index contributed by atoms with van der Waals surface area (Å²) in [4.78, 5) is 6.93. The Balaban J connectivity index is 1.92. The van der Waals surface area contributed by atoms with Crippen LogP contribution >= 0.6 is 23.2 Å². The van der Waals surface area contributed by atoms with Gasteiger partial charge in [0.15, 0.2) is 0 Å². The van der Waals surface area contributed by atoms with E-state index in [1.54, 1.807) is 6.07 Å². The van der Waals surface area contributed by atoms with Gasteiger partial charge in [-0.15, -0.1) is 0 Å². The topological polar surface area (TPSA) is 40.2 Å². The molecular weight excluding hydrogens is 295 g/mol. The number of hydrogen-bond donors (Lipinski definition) is 2. The van der Waals surface area contributed by atoms with Gasteiger partial charge in [-0.1, -0.05) is 30.1 Å². The predicted octanol–water partition coefficient (Wildman–Crippen LogP) is 3.72. The van der Waals surface area contributed by atoms with E-state index in [1.165, 1.54) is 12.8 Å². The van der Waals surface area contributed by atoms with Crippen LogP contribution in [0, 0.1) is 0 Å². The first-order chi connectivity index (χ1) is 9.65.